The number of benzene rings is 1. The van der Waals surface area contributed by atoms with E-state index in [1.165, 1.54) is 0 Å². The van der Waals surface area contributed by atoms with Gasteiger partial charge < -0.3 is 16.8 Å². The van der Waals surface area contributed by atoms with Crippen LogP contribution in [0.1, 0.15) is 0 Å². The van der Waals surface area contributed by atoms with Gasteiger partial charge in [-0.25, -0.2) is 0 Å². The summed E-state index contributed by atoms with van der Waals surface area (Å²) in [5, 5.41) is 2.93. The van der Waals surface area contributed by atoms with Gasteiger partial charge in [0.2, 0.25) is 0 Å². The van der Waals surface area contributed by atoms with E-state index in [4.69, 9.17) is 11.5 Å². The molecule has 0 unspecified atom stereocenters. The van der Waals surface area contributed by atoms with Crippen molar-refractivity contribution in [2.24, 2.45) is 0 Å². The topological polar surface area (TPSA) is 64.1 Å². The maximum atomic E-state index is 5.58. The number of nitrogens with two attached hydrogens (primary N) is 2. The Morgan fingerprint density at radius 3 is 2.50 bits per heavy atom. The Bertz CT molecular complexity index is 232. The Morgan fingerprint density at radius 2 is 2.00 bits per heavy atom. The van der Waals surface area contributed by atoms with Crippen molar-refractivity contribution in [1.29, 1.82) is 0 Å². The highest BCUT2D eigenvalue weighted by atomic mass is 14.9. The molecule has 0 bridgehead atoms. The minimum atomic E-state index is 0.719. The zero-order valence-corrected chi connectivity index (χ0v) is 5.89. The molecule has 10 heavy (non-hydrogen) atoms. The monoisotopic (exact) mass is 137 g/mol. The molecule has 0 atom stereocenters. The quantitative estimate of drug-likeness (QED) is 0.504. The third-order valence-corrected chi connectivity index (χ3v) is 1.35. The SMILES string of the molecule is CNc1cc(N)ccc1N. The summed E-state index contributed by atoms with van der Waals surface area (Å²) < 4.78 is 0. The number of hydrogen-bond acceptors (Lipinski definition) is 3. The predicted molar refractivity (Wildman–Crippen MR) is 44.8 cm³/mol. The summed E-state index contributed by atoms with van der Waals surface area (Å²) in [4.78, 5) is 0. The van der Waals surface area contributed by atoms with Gasteiger partial charge in [0, 0.05) is 12.7 Å². The zero-order valence-electron chi connectivity index (χ0n) is 5.89. The van der Waals surface area contributed by atoms with Crippen LogP contribution in [0.25, 0.3) is 0 Å². The first-order valence-electron chi connectivity index (χ1n) is 3.07. The molecule has 1 aromatic carbocycles. The lowest BCUT2D eigenvalue weighted by Gasteiger charge is -2.04. The molecular formula is C7H11N3. The van der Waals surface area contributed by atoms with E-state index in [2.05, 4.69) is 5.32 Å². The van der Waals surface area contributed by atoms with Gasteiger partial charge in [-0.15, -0.1) is 0 Å². The van der Waals surface area contributed by atoms with Crippen LogP contribution in [-0.4, -0.2) is 7.05 Å². The molecule has 0 aliphatic heterocycles. The fraction of sp³-hybridized carbons (Fsp3) is 0.143. The van der Waals surface area contributed by atoms with E-state index in [-0.39, 0.29) is 0 Å². The molecule has 0 aromatic heterocycles. The summed E-state index contributed by atoms with van der Waals surface area (Å²) in [7, 11) is 1.81. The van der Waals surface area contributed by atoms with Crippen LogP contribution in [0.15, 0.2) is 18.2 Å². The minimum absolute atomic E-state index is 0.719. The average molecular weight is 137 g/mol. The molecule has 54 valence electrons. The van der Waals surface area contributed by atoms with Gasteiger partial charge in [0.1, 0.15) is 0 Å². The molecular weight excluding hydrogens is 126 g/mol. The van der Waals surface area contributed by atoms with Crippen molar-refractivity contribution in [3.05, 3.63) is 18.2 Å². The Morgan fingerprint density at radius 1 is 1.30 bits per heavy atom. The summed E-state index contributed by atoms with van der Waals surface area (Å²) in [5.41, 5.74) is 13.4. The Labute approximate surface area is 60.0 Å². The van der Waals surface area contributed by atoms with Crippen molar-refractivity contribution in [1.82, 2.24) is 0 Å². The van der Waals surface area contributed by atoms with Gasteiger partial charge in [-0.3, -0.25) is 0 Å². The van der Waals surface area contributed by atoms with Crippen LogP contribution < -0.4 is 16.8 Å². The number of anilines is 3. The van der Waals surface area contributed by atoms with Crippen molar-refractivity contribution < 1.29 is 0 Å². The molecule has 0 spiro atoms. The van der Waals surface area contributed by atoms with Gasteiger partial charge >= 0.3 is 0 Å². The van der Waals surface area contributed by atoms with Crippen LogP contribution in [0.2, 0.25) is 0 Å². The molecule has 0 radical (unpaired) electrons. The molecule has 0 aliphatic carbocycles. The van der Waals surface area contributed by atoms with Gasteiger partial charge in [0.25, 0.3) is 0 Å². The zero-order chi connectivity index (χ0) is 7.56. The van der Waals surface area contributed by atoms with Crippen molar-refractivity contribution in [2.45, 2.75) is 0 Å². The summed E-state index contributed by atoms with van der Waals surface area (Å²) in [6.45, 7) is 0. The van der Waals surface area contributed by atoms with Crippen LogP contribution in [0.5, 0.6) is 0 Å². The number of rotatable bonds is 1. The van der Waals surface area contributed by atoms with Crippen LogP contribution in [0.3, 0.4) is 0 Å². The highest BCUT2D eigenvalue weighted by Crippen LogP contribution is 2.19. The lowest BCUT2D eigenvalue weighted by molar-refractivity contribution is 1.51. The van der Waals surface area contributed by atoms with E-state index in [0.717, 1.165) is 17.1 Å². The second kappa shape index (κ2) is 2.47. The van der Waals surface area contributed by atoms with E-state index < -0.39 is 0 Å². The molecule has 0 saturated heterocycles. The van der Waals surface area contributed by atoms with E-state index in [1.54, 1.807) is 18.2 Å². The first-order chi connectivity index (χ1) is 4.74. The highest BCUT2D eigenvalue weighted by Gasteiger charge is 1.94. The van der Waals surface area contributed by atoms with Crippen LogP contribution in [0.4, 0.5) is 17.1 Å². The fourth-order valence-corrected chi connectivity index (χ4v) is 0.790. The van der Waals surface area contributed by atoms with E-state index >= 15 is 0 Å². The van der Waals surface area contributed by atoms with Crippen molar-refractivity contribution in [3.8, 4) is 0 Å². The third kappa shape index (κ3) is 1.13. The average Bonchev–Trinajstić information content (AvgIpc) is 1.94. The summed E-state index contributed by atoms with van der Waals surface area (Å²) in [6.07, 6.45) is 0. The Balaban J connectivity index is 3.09. The maximum absolute atomic E-state index is 5.58. The molecule has 3 heteroatoms. The second-order valence-corrected chi connectivity index (χ2v) is 2.10. The highest BCUT2D eigenvalue weighted by molar-refractivity contribution is 5.70. The molecule has 5 N–H and O–H groups in total. The third-order valence-electron chi connectivity index (χ3n) is 1.35. The molecule has 1 aromatic rings. The lowest BCUT2D eigenvalue weighted by Crippen LogP contribution is -1.96. The van der Waals surface area contributed by atoms with Gasteiger partial charge in [0.05, 0.1) is 11.4 Å². The van der Waals surface area contributed by atoms with Crippen LogP contribution >= 0.6 is 0 Å². The summed E-state index contributed by atoms with van der Waals surface area (Å²) in [6, 6.07) is 5.35. The second-order valence-electron chi connectivity index (χ2n) is 2.10. The molecule has 1 rings (SSSR count). The minimum Gasteiger partial charge on any atom is -0.399 e. The molecule has 0 heterocycles. The number of hydrogen-bond donors (Lipinski definition) is 3. The maximum Gasteiger partial charge on any atom is 0.0591 e. The number of nitrogen functional groups attached to an aromatic ring is 2. The molecule has 0 fully saturated rings. The normalized spacial score (nSPS) is 9.30. The summed E-state index contributed by atoms with van der Waals surface area (Å²) in [5.74, 6) is 0. The lowest BCUT2D eigenvalue weighted by atomic mass is 10.2. The summed E-state index contributed by atoms with van der Waals surface area (Å²) >= 11 is 0. The number of nitrogens with one attached hydrogen (secondary N) is 1. The van der Waals surface area contributed by atoms with E-state index in [9.17, 15) is 0 Å². The van der Waals surface area contributed by atoms with Gasteiger partial charge in [-0.1, -0.05) is 0 Å². The molecule has 3 nitrogen and oxygen atoms in total. The van der Waals surface area contributed by atoms with Crippen molar-refractivity contribution in [3.63, 3.8) is 0 Å². The Hall–Kier alpha value is -1.38. The van der Waals surface area contributed by atoms with Crippen molar-refractivity contribution in [2.75, 3.05) is 23.8 Å². The standard InChI is InChI=1S/C7H11N3/c1-10-7-4-5(8)2-3-6(7)9/h2-4,10H,8-9H2,1H3. The van der Waals surface area contributed by atoms with E-state index in [0.29, 0.717) is 0 Å². The van der Waals surface area contributed by atoms with Gasteiger partial charge in [0.15, 0.2) is 0 Å². The smallest absolute Gasteiger partial charge is 0.0591 e. The van der Waals surface area contributed by atoms with Crippen molar-refractivity contribution >= 4 is 17.1 Å². The first-order valence-corrected chi connectivity index (χ1v) is 3.07. The van der Waals surface area contributed by atoms with Gasteiger partial charge in [-0.2, -0.15) is 0 Å². The predicted octanol–water partition coefficient (Wildman–Crippen LogP) is 0.893. The molecule has 0 saturated carbocycles. The fourth-order valence-electron chi connectivity index (χ4n) is 0.790. The van der Waals surface area contributed by atoms with Gasteiger partial charge in [-0.05, 0) is 18.2 Å². The largest absolute Gasteiger partial charge is 0.399 e. The molecule has 0 aliphatic rings. The Kier molecular flexibility index (Phi) is 1.67. The molecule has 0 amide bonds. The van der Waals surface area contributed by atoms with Crippen LogP contribution in [0, 0.1) is 0 Å². The first kappa shape index (κ1) is 6.74. The van der Waals surface area contributed by atoms with E-state index in [1.807, 2.05) is 7.05 Å². The van der Waals surface area contributed by atoms with Crippen LogP contribution in [-0.2, 0) is 0 Å².